The Morgan fingerprint density at radius 1 is 1.21 bits per heavy atom. The maximum atomic E-state index is 12.2. The summed E-state index contributed by atoms with van der Waals surface area (Å²) >= 11 is 0. The van der Waals surface area contributed by atoms with Gasteiger partial charge in [0.1, 0.15) is 5.60 Å². The number of nitrogens with zero attached hydrogens (tertiary/aromatic N) is 2. The summed E-state index contributed by atoms with van der Waals surface area (Å²) in [4.78, 5) is 16.7. The van der Waals surface area contributed by atoms with Crippen molar-refractivity contribution < 1.29 is 9.53 Å². The molecule has 2 fully saturated rings. The molecule has 0 radical (unpaired) electrons. The van der Waals surface area contributed by atoms with Crippen molar-refractivity contribution in [2.75, 3.05) is 26.2 Å². The van der Waals surface area contributed by atoms with Crippen molar-refractivity contribution >= 4 is 6.09 Å². The molecule has 2 rings (SSSR count). The van der Waals surface area contributed by atoms with Crippen molar-refractivity contribution in [3.05, 3.63) is 0 Å². The molecule has 110 valence electrons. The Balaban J connectivity index is 2.01. The van der Waals surface area contributed by atoms with Crippen LogP contribution in [0.3, 0.4) is 0 Å². The molecule has 1 atom stereocenters. The van der Waals surface area contributed by atoms with Crippen LogP contribution in [0, 0.1) is 0 Å². The smallest absolute Gasteiger partial charge is 0.410 e. The number of likely N-dealkylation sites (tertiary alicyclic amines) is 2. The van der Waals surface area contributed by atoms with Crippen LogP contribution in [0.4, 0.5) is 4.79 Å². The van der Waals surface area contributed by atoms with Gasteiger partial charge >= 0.3 is 6.09 Å². The molecule has 1 amide bonds. The van der Waals surface area contributed by atoms with Crippen LogP contribution in [0.5, 0.6) is 0 Å². The van der Waals surface area contributed by atoms with Gasteiger partial charge in [-0.25, -0.2) is 4.79 Å². The zero-order valence-corrected chi connectivity index (χ0v) is 12.9. The molecular weight excluding hydrogens is 240 g/mol. The minimum atomic E-state index is -0.403. The van der Waals surface area contributed by atoms with E-state index in [1.54, 1.807) is 0 Å². The third-order valence-corrected chi connectivity index (χ3v) is 4.39. The lowest BCUT2D eigenvalue weighted by Crippen LogP contribution is -2.63. The van der Waals surface area contributed by atoms with E-state index >= 15 is 0 Å². The van der Waals surface area contributed by atoms with Gasteiger partial charge in [0.05, 0.1) is 0 Å². The molecule has 2 aliphatic rings. The molecule has 2 saturated heterocycles. The second-order valence-corrected chi connectivity index (χ2v) is 6.92. The van der Waals surface area contributed by atoms with Crippen LogP contribution in [-0.4, -0.2) is 53.2 Å². The number of hydrogen-bond donors (Lipinski definition) is 0. The number of carbonyl (C=O) groups is 1. The fourth-order valence-corrected chi connectivity index (χ4v) is 3.16. The summed E-state index contributed by atoms with van der Waals surface area (Å²) in [6, 6.07) is 0. The van der Waals surface area contributed by atoms with Crippen LogP contribution in [0.1, 0.15) is 53.4 Å². The highest BCUT2D eigenvalue weighted by Gasteiger charge is 2.43. The second-order valence-electron chi connectivity index (χ2n) is 6.92. The molecule has 2 aliphatic heterocycles. The Bertz CT molecular complexity index is 334. The van der Waals surface area contributed by atoms with Crippen molar-refractivity contribution in [3.63, 3.8) is 0 Å². The topological polar surface area (TPSA) is 32.8 Å². The fourth-order valence-electron chi connectivity index (χ4n) is 3.16. The van der Waals surface area contributed by atoms with Crippen LogP contribution in [-0.2, 0) is 4.74 Å². The molecule has 0 N–H and O–H groups in total. The average molecular weight is 268 g/mol. The predicted octanol–water partition coefficient (Wildman–Crippen LogP) is 2.87. The lowest BCUT2D eigenvalue weighted by Gasteiger charge is -2.53. The third-order valence-electron chi connectivity index (χ3n) is 4.39. The van der Waals surface area contributed by atoms with Crippen LogP contribution in [0.2, 0.25) is 0 Å². The standard InChI is InChI=1S/C15H28N2O2/c1-5-15(17-10-7-11-17)8-6-9-16(12-15)13(18)19-14(2,3)4/h5-12H2,1-4H3. The van der Waals surface area contributed by atoms with Gasteiger partial charge in [-0.05, 0) is 59.5 Å². The van der Waals surface area contributed by atoms with Gasteiger partial charge in [-0.15, -0.1) is 0 Å². The van der Waals surface area contributed by atoms with E-state index < -0.39 is 5.60 Å². The fraction of sp³-hybridized carbons (Fsp3) is 0.933. The normalized spacial score (nSPS) is 28.9. The van der Waals surface area contributed by atoms with E-state index in [1.165, 1.54) is 25.9 Å². The predicted molar refractivity (Wildman–Crippen MR) is 76.3 cm³/mol. The van der Waals surface area contributed by atoms with Gasteiger partial charge in [0.15, 0.2) is 0 Å². The van der Waals surface area contributed by atoms with Crippen molar-refractivity contribution in [2.24, 2.45) is 0 Å². The van der Waals surface area contributed by atoms with Gasteiger partial charge in [0.2, 0.25) is 0 Å². The molecule has 4 heteroatoms. The quantitative estimate of drug-likeness (QED) is 0.772. The summed E-state index contributed by atoms with van der Waals surface area (Å²) in [6.45, 7) is 12.1. The average Bonchev–Trinajstić information content (AvgIpc) is 2.24. The summed E-state index contributed by atoms with van der Waals surface area (Å²) in [6.07, 6.45) is 4.57. The maximum absolute atomic E-state index is 12.2. The van der Waals surface area contributed by atoms with Gasteiger partial charge in [-0.1, -0.05) is 6.92 Å². The molecule has 0 spiro atoms. The molecule has 2 heterocycles. The third kappa shape index (κ3) is 3.22. The first-order valence-electron chi connectivity index (χ1n) is 7.59. The van der Waals surface area contributed by atoms with Gasteiger partial charge < -0.3 is 9.64 Å². The number of rotatable bonds is 2. The number of carbonyl (C=O) groups excluding carboxylic acids is 1. The Kier molecular flexibility index (Phi) is 4.09. The SMILES string of the molecule is CCC1(N2CCC2)CCCN(C(=O)OC(C)(C)C)C1. The number of piperidine rings is 1. The van der Waals surface area contributed by atoms with E-state index in [1.807, 2.05) is 25.7 Å². The largest absolute Gasteiger partial charge is 0.444 e. The van der Waals surface area contributed by atoms with Crippen LogP contribution >= 0.6 is 0 Å². The summed E-state index contributed by atoms with van der Waals surface area (Å²) < 4.78 is 5.51. The lowest BCUT2D eigenvalue weighted by atomic mass is 9.82. The highest BCUT2D eigenvalue weighted by molar-refractivity contribution is 5.68. The zero-order chi connectivity index (χ0) is 14.1. The van der Waals surface area contributed by atoms with E-state index in [-0.39, 0.29) is 11.6 Å². The van der Waals surface area contributed by atoms with Crippen molar-refractivity contribution in [1.29, 1.82) is 0 Å². The molecule has 0 aromatic carbocycles. The van der Waals surface area contributed by atoms with E-state index in [0.29, 0.717) is 0 Å². The minimum absolute atomic E-state index is 0.148. The van der Waals surface area contributed by atoms with Crippen molar-refractivity contribution in [2.45, 2.75) is 64.5 Å². The van der Waals surface area contributed by atoms with Crippen LogP contribution < -0.4 is 0 Å². The minimum Gasteiger partial charge on any atom is -0.444 e. The summed E-state index contributed by atoms with van der Waals surface area (Å²) in [5.74, 6) is 0. The zero-order valence-electron chi connectivity index (χ0n) is 12.9. The molecule has 0 aromatic heterocycles. The summed E-state index contributed by atoms with van der Waals surface area (Å²) in [7, 11) is 0. The molecular formula is C15H28N2O2. The molecule has 0 aliphatic carbocycles. The maximum Gasteiger partial charge on any atom is 0.410 e. The Morgan fingerprint density at radius 2 is 1.89 bits per heavy atom. The number of ether oxygens (including phenoxy) is 1. The first kappa shape index (κ1) is 14.6. The van der Waals surface area contributed by atoms with Gasteiger partial charge in [-0.3, -0.25) is 4.90 Å². The Labute approximate surface area is 117 Å². The molecule has 1 unspecified atom stereocenters. The van der Waals surface area contributed by atoms with E-state index in [4.69, 9.17) is 4.74 Å². The van der Waals surface area contributed by atoms with E-state index in [0.717, 1.165) is 25.9 Å². The van der Waals surface area contributed by atoms with E-state index in [2.05, 4.69) is 11.8 Å². The van der Waals surface area contributed by atoms with Gasteiger partial charge in [-0.2, -0.15) is 0 Å². The number of hydrogen-bond acceptors (Lipinski definition) is 3. The van der Waals surface area contributed by atoms with Crippen LogP contribution in [0.25, 0.3) is 0 Å². The Morgan fingerprint density at radius 3 is 2.37 bits per heavy atom. The second kappa shape index (κ2) is 5.31. The van der Waals surface area contributed by atoms with Crippen LogP contribution in [0.15, 0.2) is 0 Å². The van der Waals surface area contributed by atoms with Crippen molar-refractivity contribution in [1.82, 2.24) is 9.80 Å². The van der Waals surface area contributed by atoms with Crippen molar-refractivity contribution in [3.8, 4) is 0 Å². The van der Waals surface area contributed by atoms with Gasteiger partial charge in [0.25, 0.3) is 0 Å². The molecule has 0 aromatic rings. The first-order chi connectivity index (χ1) is 8.86. The number of amides is 1. The molecule has 0 bridgehead atoms. The molecule has 19 heavy (non-hydrogen) atoms. The first-order valence-corrected chi connectivity index (χ1v) is 7.59. The molecule has 0 saturated carbocycles. The Hall–Kier alpha value is -0.770. The summed E-state index contributed by atoms with van der Waals surface area (Å²) in [5.41, 5.74) is -0.201. The highest BCUT2D eigenvalue weighted by Crippen LogP contribution is 2.34. The lowest BCUT2D eigenvalue weighted by molar-refractivity contribution is -0.0398. The monoisotopic (exact) mass is 268 g/mol. The molecule has 4 nitrogen and oxygen atoms in total. The highest BCUT2D eigenvalue weighted by atomic mass is 16.6. The van der Waals surface area contributed by atoms with E-state index in [9.17, 15) is 4.79 Å². The van der Waals surface area contributed by atoms with Gasteiger partial charge in [0, 0.05) is 18.6 Å². The summed E-state index contributed by atoms with van der Waals surface area (Å²) in [5, 5.41) is 0.